The molecular weight excluding hydrogens is 344 g/mol. The van der Waals surface area contributed by atoms with E-state index in [1.54, 1.807) is 6.20 Å². The van der Waals surface area contributed by atoms with Gasteiger partial charge in [0.1, 0.15) is 5.82 Å². The van der Waals surface area contributed by atoms with Crippen LogP contribution in [0.15, 0.2) is 66.9 Å². The van der Waals surface area contributed by atoms with Gasteiger partial charge >= 0.3 is 0 Å². The molecule has 6 rings (SSSR count). The van der Waals surface area contributed by atoms with Crippen LogP contribution in [-0.4, -0.2) is 10.9 Å². The smallest absolute Gasteiger partial charge is 0.232 e. The molecule has 28 heavy (non-hydrogen) atoms. The Morgan fingerprint density at radius 1 is 1.04 bits per heavy atom. The number of hydrogen-bond acceptors (Lipinski definition) is 2. The molecule has 0 aliphatic heterocycles. The molecule has 3 heteroatoms. The van der Waals surface area contributed by atoms with Crippen molar-refractivity contribution in [3.63, 3.8) is 0 Å². The van der Waals surface area contributed by atoms with E-state index >= 15 is 0 Å². The first-order chi connectivity index (χ1) is 13.6. The Morgan fingerprint density at radius 3 is 2.25 bits per heavy atom. The van der Waals surface area contributed by atoms with Crippen molar-refractivity contribution in [1.82, 2.24) is 4.98 Å². The topological polar surface area (TPSA) is 42.0 Å². The molecule has 2 aromatic carbocycles. The number of nitrogens with one attached hydrogen (secondary N) is 1. The van der Waals surface area contributed by atoms with Crippen molar-refractivity contribution in [2.75, 3.05) is 5.32 Å². The molecule has 1 unspecified atom stereocenters. The lowest BCUT2D eigenvalue weighted by atomic mass is 9.52. The maximum absolute atomic E-state index is 13.5. The van der Waals surface area contributed by atoms with Gasteiger partial charge in [0.2, 0.25) is 5.91 Å². The molecule has 140 valence electrons. The van der Waals surface area contributed by atoms with Gasteiger partial charge in [-0.1, -0.05) is 55.5 Å². The molecule has 3 aliphatic rings. The molecule has 3 aliphatic carbocycles. The number of fused-ring (bicyclic) bond motifs is 1. The molecule has 0 spiro atoms. The molecule has 1 heterocycles. The summed E-state index contributed by atoms with van der Waals surface area (Å²) in [4.78, 5) is 17.9. The molecule has 1 N–H and O–H groups in total. The average Bonchev–Trinajstić information content (AvgIpc) is 2.74. The van der Waals surface area contributed by atoms with E-state index in [0.717, 1.165) is 12.8 Å². The van der Waals surface area contributed by atoms with E-state index < -0.39 is 5.41 Å². The number of pyridine rings is 1. The zero-order chi connectivity index (χ0) is 19.3. The zero-order valence-electron chi connectivity index (χ0n) is 16.3. The Kier molecular flexibility index (Phi) is 3.87. The maximum Gasteiger partial charge on any atom is 0.232 e. The summed E-state index contributed by atoms with van der Waals surface area (Å²) in [7, 11) is 0. The second-order valence-electron chi connectivity index (χ2n) is 8.22. The summed E-state index contributed by atoms with van der Waals surface area (Å²) < 4.78 is 0. The summed E-state index contributed by atoms with van der Waals surface area (Å²) in [5.74, 6) is 1.04. The second-order valence-corrected chi connectivity index (χ2v) is 8.22. The van der Waals surface area contributed by atoms with Crippen molar-refractivity contribution in [3.05, 3.63) is 94.7 Å². The van der Waals surface area contributed by atoms with E-state index in [1.165, 1.54) is 27.8 Å². The number of anilines is 1. The van der Waals surface area contributed by atoms with Crippen LogP contribution in [0.1, 0.15) is 59.9 Å². The maximum atomic E-state index is 13.5. The molecule has 1 aromatic heterocycles. The van der Waals surface area contributed by atoms with Crippen LogP contribution in [-0.2, 0) is 11.2 Å². The van der Waals surface area contributed by atoms with Crippen LogP contribution >= 0.6 is 0 Å². The summed E-state index contributed by atoms with van der Waals surface area (Å²) in [5.41, 5.74) is 6.02. The number of carbonyl (C=O) groups excluding carboxylic acids is 1. The third-order valence-electron chi connectivity index (χ3n) is 6.62. The van der Waals surface area contributed by atoms with Gasteiger partial charge in [-0.3, -0.25) is 4.79 Å². The standard InChI is InChI=1S/C25H24N2O/c1-3-16-12-13-26-22(14-16)27-24(28)25(2)15-21-17-8-4-6-10-19(17)23(25)20-11-7-5-9-18(20)21/h4-14,21,23H,3,15H2,1-2H3,(H,26,27,28). The van der Waals surface area contributed by atoms with Crippen LogP contribution in [0, 0.1) is 5.41 Å². The first-order valence-corrected chi connectivity index (χ1v) is 10.1. The number of benzene rings is 2. The number of rotatable bonds is 3. The number of nitrogens with zero attached hydrogens (tertiary/aromatic N) is 1. The summed E-state index contributed by atoms with van der Waals surface area (Å²) in [6.45, 7) is 4.23. The molecule has 1 atom stereocenters. The van der Waals surface area contributed by atoms with Crippen LogP contribution in [0.4, 0.5) is 5.82 Å². The van der Waals surface area contributed by atoms with Gasteiger partial charge in [-0.25, -0.2) is 4.98 Å². The molecule has 0 saturated heterocycles. The number of hydrogen-bond donors (Lipinski definition) is 1. The molecule has 0 saturated carbocycles. The summed E-state index contributed by atoms with van der Waals surface area (Å²) in [5, 5.41) is 3.12. The first-order valence-electron chi connectivity index (χ1n) is 10.1. The minimum atomic E-state index is -0.503. The fourth-order valence-corrected chi connectivity index (χ4v) is 5.21. The summed E-state index contributed by atoms with van der Waals surface area (Å²) in [6.07, 6.45) is 3.52. The highest BCUT2D eigenvalue weighted by Gasteiger charge is 2.53. The summed E-state index contributed by atoms with van der Waals surface area (Å²) >= 11 is 0. The minimum Gasteiger partial charge on any atom is -0.310 e. The molecule has 3 nitrogen and oxygen atoms in total. The molecule has 0 fully saturated rings. The van der Waals surface area contributed by atoms with E-state index in [-0.39, 0.29) is 17.7 Å². The van der Waals surface area contributed by atoms with Gasteiger partial charge in [-0.15, -0.1) is 0 Å². The van der Waals surface area contributed by atoms with Gasteiger partial charge in [0.05, 0.1) is 5.41 Å². The van der Waals surface area contributed by atoms with Gasteiger partial charge < -0.3 is 5.32 Å². The van der Waals surface area contributed by atoms with Gasteiger partial charge in [0.15, 0.2) is 0 Å². The predicted molar refractivity (Wildman–Crippen MR) is 112 cm³/mol. The van der Waals surface area contributed by atoms with E-state index in [0.29, 0.717) is 5.82 Å². The number of aryl methyl sites for hydroxylation is 1. The Hall–Kier alpha value is -2.94. The van der Waals surface area contributed by atoms with Crippen molar-refractivity contribution in [2.45, 2.75) is 38.5 Å². The van der Waals surface area contributed by atoms with Crippen molar-refractivity contribution in [2.24, 2.45) is 5.41 Å². The largest absolute Gasteiger partial charge is 0.310 e. The Bertz CT molecular complexity index is 1030. The number of aromatic nitrogens is 1. The fourth-order valence-electron chi connectivity index (χ4n) is 5.21. The van der Waals surface area contributed by atoms with Gasteiger partial charge in [-0.05, 0) is 59.7 Å². The van der Waals surface area contributed by atoms with E-state index in [9.17, 15) is 4.79 Å². The predicted octanol–water partition coefficient (Wildman–Crippen LogP) is 5.27. The van der Waals surface area contributed by atoms with Crippen molar-refractivity contribution >= 4 is 11.7 Å². The first kappa shape index (κ1) is 17.2. The highest BCUT2D eigenvalue weighted by Crippen LogP contribution is 2.61. The SMILES string of the molecule is CCc1ccnc(NC(=O)C2(C)CC3c4ccccc4C2c2ccccc23)c1. The van der Waals surface area contributed by atoms with Gasteiger partial charge in [0.25, 0.3) is 0 Å². The Balaban J connectivity index is 1.58. The Morgan fingerprint density at radius 2 is 1.64 bits per heavy atom. The normalized spacial score (nSPS) is 24.4. The number of amides is 1. The molecule has 3 aromatic rings. The van der Waals surface area contributed by atoms with E-state index in [2.05, 4.69) is 72.7 Å². The summed E-state index contributed by atoms with van der Waals surface area (Å²) in [6, 6.07) is 21.2. The zero-order valence-corrected chi connectivity index (χ0v) is 16.3. The van der Waals surface area contributed by atoms with Crippen molar-refractivity contribution in [1.29, 1.82) is 0 Å². The third kappa shape index (κ3) is 2.42. The van der Waals surface area contributed by atoms with Crippen LogP contribution < -0.4 is 5.32 Å². The monoisotopic (exact) mass is 368 g/mol. The molecule has 1 amide bonds. The number of carbonyl (C=O) groups is 1. The quantitative estimate of drug-likeness (QED) is 0.684. The van der Waals surface area contributed by atoms with E-state index in [1.807, 2.05) is 12.1 Å². The lowest BCUT2D eigenvalue weighted by Gasteiger charge is -2.50. The average molecular weight is 368 g/mol. The second kappa shape index (κ2) is 6.30. The van der Waals surface area contributed by atoms with Gasteiger partial charge in [-0.2, -0.15) is 0 Å². The van der Waals surface area contributed by atoms with Gasteiger partial charge in [0, 0.05) is 18.0 Å². The van der Waals surface area contributed by atoms with E-state index in [4.69, 9.17) is 0 Å². The fraction of sp³-hybridized carbons (Fsp3) is 0.280. The third-order valence-corrected chi connectivity index (χ3v) is 6.62. The molecule has 0 radical (unpaired) electrons. The van der Waals surface area contributed by atoms with Crippen LogP contribution in [0.2, 0.25) is 0 Å². The van der Waals surface area contributed by atoms with Crippen LogP contribution in [0.3, 0.4) is 0 Å². The van der Waals surface area contributed by atoms with Crippen LogP contribution in [0.5, 0.6) is 0 Å². The lowest BCUT2D eigenvalue weighted by molar-refractivity contribution is -0.126. The highest BCUT2D eigenvalue weighted by molar-refractivity contribution is 5.96. The van der Waals surface area contributed by atoms with Crippen molar-refractivity contribution < 1.29 is 4.79 Å². The Labute approximate surface area is 165 Å². The van der Waals surface area contributed by atoms with Crippen LogP contribution in [0.25, 0.3) is 0 Å². The minimum absolute atomic E-state index is 0.0623. The van der Waals surface area contributed by atoms with Crippen molar-refractivity contribution in [3.8, 4) is 0 Å². The highest BCUT2D eigenvalue weighted by atomic mass is 16.2. The lowest BCUT2D eigenvalue weighted by Crippen LogP contribution is -2.47. The molecular formula is C25H24N2O. The molecule has 2 bridgehead atoms.